The molecule has 0 bridgehead atoms. The first kappa shape index (κ1) is 19.4. The van der Waals surface area contributed by atoms with E-state index in [2.05, 4.69) is 26.0 Å². The molecule has 4 N–H and O–H groups in total. The standard InChI is InChI=1S/C18H18BrN3O4S/c1-10-8-14(10)18(24)21-16-7-6-13(9-15(16)19)27(25,26)22-12-4-2-11(3-5-12)17(20)23/h2-7,9-10,14,22H,8H2,1H3,(H2,20,23)(H,21,24). The fourth-order valence-electron chi connectivity index (χ4n) is 2.59. The van der Waals surface area contributed by atoms with Crippen molar-refractivity contribution in [2.75, 3.05) is 10.0 Å². The van der Waals surface area contributed by atoms with Gasteiger partial charge in [0, 0.05) is 21.6 Å². The number of nitrogens with two attached hydrogens (primary N) is 1. The molecule has 27 heavy (non-hydrogen) atoms. The number of rotatable bonds is 6. The number of sulfonamides is 1. The van der Waals surface area contributed by atoms with Gasteiger partial charge in [-0.2, -0.15) is 0 Å². The van der Waals surface area contributed by atoms with E-state index in [4.69, 9.17) is 5.73 Å². The summed E-state index contributed by atoms with van der Waals surface area (Å²) in [7, 11) is -3.84. The Labute approximate surface area is 165 Å². The lowest BCUT2D eigenvalue weighted by Crippen LogP contribution is -2.16. The van der Waals surface area contributed by atoms with Gasteiger partial charge in [0.2, 0.25) is 11.8 Å². The van der Waals surface area contributed by atoms with Gasteiger partial charge in [-0.25, -0.2) is 8.42 Å². The predicted molar refractivity (Wildman–Crippen MR) is 106 cm³/mol. The molecule has 0 aliphatic heterocycles. The highest BCUT2D eigenvalue weighted by molar-refractivity contribution is 9.10. The third-order valence-corrected chi connectivity index (χ3v) is 6.41. The summed E-state index contributed by atoms with van der Waals surface area (Å²) < 4.78 is 28.0. The summed E-state index contributed by atoms with van der Waals surface area (Å²) in [5.74, 6) is -0.253. The maximum atomic E-state index is 12.6. The number of benzene rings is 2. The molecule has 1 saturated carbocycles. The first-order chi connectivity index (χ1) is 12.7. The van der Waals surface area contributed by atoms with E-state index in [1.54, 1.807) is 6.07 Å². The highest BCUT2D eigenvalue weighted by atomic mass is 79.9. The monoisotopic (exact) mass is 451 g/mol. The molecule has 1 fully saturated rings. The van der Waals surface area contributed by atoms with Crippen LogP contribution in [0.3, 0.4) is 0 Å². The number of carbonyl (C=O) groups excluding carboxylic acids is 2. The Morgan fingerprint density at radius 1 is 1.15 bits per heavy atom. The van der Waals surface area contributed by atoms with Gasteiger partial charge in [0.25, 0.3) is 10.0 Å². The van der Waals surface area contributed by atoms with Gasteiger partial charge in [-0.1, -0.05) is 6.92 Å². The summed E-state index contributed by atoms with van der Waals surface area (Å²) in [6.45, 7) is 2.01. The molecule has 7 nitrogen and oxygen atoms in total. The minimum atomic E-state index is -3.84. The van der Waals surface area contributed by atoms with Gasteiger partial charge in [-0.15, -0.1) is 0 Å². The van der Waals surface area contributed by atoms with Gasteiger partial charge >= 0.3 is 0 Å². The van der Waals surface area contributed by atoms with Crippen molar-refractivity contribution >= 4 is 49.1 Å². The molecule has 142 valence electrons. The van der Waals surface area contributed by atoms with Crippen molar-refractivity contribution in [3.63, 3.8) is 0 Å². The van der Waals surface area contributed by atoms with Crippen molar-refractivity contribution in [1.29, 1.82) is 0 Å². The third kappa shape index (κ3) is 4.48. The number of hydrogen-bond acceptors (Lipinski definition) is 4. The predicted octanol–water partition coefficient (Wildman–Crippen LogP) is 2.94. The molecule has 2 unspecified atom stereocenters. The lowest BCUT2D eigenvalue weighted by atomic mass is 10.2. The van der Waals surface area contributed by atoms with Crippen molar-refractivity contribution in [2.24, 2.45) is 17.6 Å². The van der Waals surface area contributed by atoms with Crippen molar-refractivity contribution in [2.45, 2.75) is 18.2 Å². The second kappa shape index (κ2) is 7.32. The molecule has 2 aromatic rings. The van der Waals surface area contributed by atoms with Gasteiger partial charge in [0.1, 0.15) is 0 Å². The molecule has 2 atom stereocenters. The first-order valence-corrected chi connectivity index (χ1v) is 10.5. The number of hydrogen-bond donors (Lipinski definition) is 3. The van der Waals surface area contributed by atoms with E-state index in [1.165, 1.54) is 36.4 Å². The summed E-state index contributed by atoms with van der Waals surface area (Å²) in [6, 6.07) is 10.2. The van der Waals surface area contributed by atoms with E-state index in [0.29, 0.717) is 21.8 Å². The Balaban J connectivity index is 1.75. The van der Waals surface area contributed by atoms with E-state index in [0.717, 1.165) is 6.42 Å². The molecule has 0 radical (unpaired) electrons. The molecule has 0 aromatic heterocycles. The number of nitrogens with one attached hydrogen (secondary N) is 2. The highest BCUT2D eigenvalue weighted by Crippen LogP contribution is 2.39. The van der Waals surface area contributed by atoms with Crippen LogP contribution in [0.5, 0.6) is 0 Å². The average Bonchev–Trinajstić information content (AvgIpc) is 3.33. The van der Waals surface area contributed by atoms with Crippen LogP contribution in [0.1, 0.15) is 23.7 Å². The van der Waals surface area contributed by atoms with Crippen LogP contribution < -0.4 is 15.8 Å². The van der Waals surface area contributed by atoms with E-state index >= 15 is 0 Å². The van der Waals surface area contributed by atoms with E-state index in [1.807, 2.05) is 6.92 Å². The van der Waals surface area contributed by atoms with E-state index < -0.39 is 15.9 Å². The summed E-state index contributed by atoms with van der Waals surface area (Å²) in [6.07, 6.45) is 0.869. The first-order valence-electron chi connectivity index (χ1n) is 8.20. The number of anilines is 2. The minimum absolute atomic E-state index is 0.0188. The van der Waals surface area contributed by atoms with Crippen LogP contribution in [0.2, 0.25) is 0 Å². The smallest absolute Gasteiger partial charge is 0.261 e. The number of carbonyl (C=O) groups is 2. The fourth-order valence-corrected chi connectivity index (χ4v) is 4.31. The average molecular weight is 452 g/mol. The Morgan fingerprint density at radius 3 is 2.30 bits per heavy atom. The minimum Gasteiger partial charge on any atom is -0.366 e. The maximum Gasteiger partial charge on any atom is 0.261 e. The van der Waals surface area contributed by atoms with Crippen LogP contribution >= 0.6 is 15.9 Å². The van der Waals surface area contributed by atoms with Gasteiger partial charge < -0.3 is 11.1 Å². The summed E-state index contributed by atoms with van der Waals surface area (Å²) in [4.78, 5) is 23.2. The van der Waals surface area contributed by atoms with Crippen LogP contribution in [0.4, 0.5) is 11.4 Å². The van der Waals surface area contributed by atoms with Crippen LogP contribution in [0.25, 0.3) is 0 Å². The maximum absolute atomic E-state index is 12.6. The molecular weight excluding hydrogens is 434 g/mol. The molecule has 0 saturated heterocycles. The molecule has 3 rings (SSSR count). The third-order valence-electron chi connectivity index (χ3n) is 4.38. The summed E-state index contributed by atoms with van der Waals surface area (Å²) in [5, 5.41) is 2.80. The lowest BCUT2D eigenvalue weighted by molar-refractivity contribution is -0.117. The van der Waals surface area contributed by atoms with Gasteiger partial charge in [0.15, 0.2) is 0 Å². The zero-order chi connectivity index (χ0) is 19.8. The molecule has 2 amide bonds. The molecule has 1 aliphatic rings. The SMILES string of the molecule is CC1CC1C(=O)Nc1ccc(S(=O)(=O)Nc2ccc(C(N)=O)cc2)cc1Br. The van der Waals surface area contributed by atoms with Gasteiger partial charge in [0.05, 0.1) is 10.6 Å². The van der Waals surface area contributed by atoms with Crippen molar-refractivity contribution in [1.82, 2.24) is 0 Å². The largest absolute Gasteiger partial charge is 0.366 e. The highest BCUT2D eigenvalue weighted by Gasteiger charge is 2.39. The molecule has 0 heterocycles. The second-order valence-electron chi connectivity index (χ2n) is 6.50. The zero-order valence-corrected chi connectivity index (χ0v) is 16.8. The van der Waals surface area contributed by atoms with Gasteiger partial charge in [-0.05, 0) is 70.7 Å². The van der Waals surface area contributed by atoms with E-state index in [-0.39, 0.29) is 22.3 Å². The molecule has 2 aromatic carbocycles. The molecular formula is C18H18BrN3O4S. The van der Waals surface area contributed by atoms with Gasteiger partial charge in [-0.3, -0.25) is 14.3 Å². The van der Waals surface area contributed by atoms with Crippen LogP contribution in [0, 0.1) is 11.8 Å². The number of primary amides is 1. The fraction of sp³-hybridized carbons (Fsp3) is 0.222. The quantitative estimate of drug-likeness (QED) is 0.625. The number of amides is 2. The van der Waals surface area contributed by atoms with Crippen molar-refractivity contribution in [3.05, 3.63) is 52.5 Å². The Kier molecular flexibility index (Phi) is 5.25. The number of halogens is 1. The molecule has 0 spiro atoms. The van der Waals surface area contributed by atoms with Crippen molar-refractivity contribution < 1.29 is 18.0 Å². The zero-order valence-electron chi connectivity index (χ0n) is 14.4. The Morgan fingerprint density at radius 2 is 1.78 bits per heavy atom. The molecule has 1 aliphatic carbocycles. The Hall–Kier alpha value is -2.39. The Bertz CT molecular complexity index is 1010. The summed E-state index contributed by atoms with van der Waals surface area (Å²) in [5.41, 5.74) is 6.27. The van der Waals surface area contributed by atoms with Crippen LogP contribution in [0.15, 0.2) is 51.8 Å². The van der Waals surface area contributed by atoms with E-state index in [9.17, 15) is 18.0 Å². The molecule has 9 heteroatoms. The van der Waals surface area contributed by atoms with Crippen LogP contribution in [-0.4, -0.2) is 20.2 Å². The van der Waals surface area contributed by atoms with Crippen LogP contribution in [-0.2, 0) is 14.8 Å². The normalized spacial score (nSPS) is 18.6. The topological polar surface area (TPSA) is 118 Å². The lowest BCUT2D eigenvalue weighted by Gasteiger charge is -2.11. The van der Waals surface area contributed by atoms with Crippen molar-refractivity contribution in [3.8, 4) is 0 Å². The summed E-state index contributed by atoms with van der Waals surface area (Å²) >= 11 is 3.31. The second-order valence-corrected chi connectivity index (χ2v) is 9.03.